The third-order valence-corrected chi connectivity index (χ3v) is 7.00. The van der Waals surface area contributed by atoms with Gasteiger partial charge in [0.1, 0.15) is 5.52 Å². The van der Waals surface area contributed by atoms with Crippen molar-refractivity contribution in [1.82, 2.24) is 15.2 Å². The molecule has 0 bridgehead atoms. The van der Waals surface area contributed by atoms with Gasteiger partial charge in [0.05, 0.1) is 0 Å². The number of fused-ring (bicyclic) bond motifs is 1. The molecule has 1 saturated heterocycles. The van der Waals surface area contributed by atoms with Crippen molar-refractivity contribution in [3.8, 4) is 11.5 Å². The van der Waals surface area contributed by atoms with E-state index in [0.29, 0.717) is 48.5 Å². The van der Waals surface area contributed by atoms with Crippen LogP contribution in [0, 0.1) is 5.92 Å². The Morgan fingerprint density at radius 3 is 2.48 bits per heavy atom. The van der Waals surface area contributed by atoms with Crippen LogP contribution in [0.5, 0.6) is 0 Å². The number of hydrogen-bond donors (Lipinski definition) is 1. The summed E-state index contributed by atoms with van der Waals surface area (Å²) in [7, 11) is 0. The van der Waals surface area contributed by atoms with Crippen molar-refractivity contribution >= 4 is 22.9 Å². The van der Waals surface area contributed by atoms with Gasteiger partial charge in [0.15, 0.2) is 5.58 Å². The number of nitrogens with one attached hydrogen (secondary N) is 1. The van der Waals surface area contributed by atoms with Gasteiger partial charge in [0, 0.05) is 36.7 Å². The Morgan fingerprint density at radius 1 is 0.970 bits per heavy atom. The van der Waals surface area contributed by atoms with Gasteiger partial charge in [-0.3, -0.25) is 9.59 Å². The zero-order valence-corrected chi connectivity index (χ0v) is 19.0. The van der Waals surface area contributed by atoms with Crippen molar-refractivity contribution in [3.63, 3.8) is 0 Å². The molecule has 3 aromatic rings. The lowest BCUT2D eigenvalue weighted by atomic mass is 9.91. The van der Waals surface area contributed by atoms with E-state index in [4.69, 9.17) is 4.42 Å². The number of carbonyl (C=O) groups excluding carboxylic acids is 2. The van der Waals surface area contributed by atoms with Crippen LogP contribution in [0.4, 0.5) is 0 Å². The van der Waals surface area contributed by atoms with Crippen LogP contribution in [0.3, 0.4) is 0 Å². The van der Waals surface area contributed by atoms with Crippen LogP contribution < -0.4 is 5.32 Å². The van der Waals surface area contributed by atoms with E-state index in [1.165, 1.54) is 19.3 Å². The van der Waals surface area contributed by atoms with E-state index in [-0.39, 0.29) is 11.8 Å². The van der Waals surface area contributed by atoms with Crippen molar-refractivity contribution in [1.29, 1.82) is 0 Å². The lowest BCUT2D eigenvalue weighted by Crippen LogP contribution is -2.41. The first-order chi connectivity index (χ1) is 16.2. The second-order valence-corrected chi connectivity index (χ2v) is 9.41. The summed E-state index contributed by atoms with van der Waals surface area (Å²) < 4.78 is 5.93. The van der Waals surface area contributed by atoms with E-state index in [2.05, 4.69) is 10.3 Å². The Kier molecular flexibility index (Phi) is 6.42. The zero-order valence-electron chi connectivity index (χ0n) is 19.0. The highest BCUT2D eigenvalue weighted by Crippen LogP contribution is 2.27. The van der Waals surface area contributed by atoms with Crippen LogP contribution in [-0.4, -0.2) is 40.8 Å². The molecule has 2 amide bonds. The van der Waals surface area contributed by atoms with Crippen LogP contribution in [0.2, 0.25) is 0 Å². The Labute approximate surface area is 194 Å². The lowest BCUT2D eigenvalue weighted by molar-refractivity contribution is -0.123. The summed E-state index contributed by atoms with van der Waals surface area (Å²) >= 11 is 0. The first-order valence-corrected chi connectivity index (χ1v) is 12.2. The molecule has 6 nitrogen and oxygen atoms in total. The molecule has 0 unspecified atom stereocenters. The number of rotatable bonds is 5. The molecule has 2 aromatic carbocycles. The summed E-state index contributed by atoms with van der Waals surface area (Å²) in [6.07, 6.45) is 8.26. The summed E-state index contributed by atoms with van der Waals surface area (Å²) in [5.41, 5.74) is 2.89. The molecule has 1 N–H and O–H groups in total. The number of nitrogens with zero attached hydrogens (tertiary/aromatic N) is 2. The van der Waals surface area contributed by atoms with E-state index in [9.17, 15) is 9.59 Å². The first kappa shape index (κ1) is 21.7. The fraction of sp³-hybridized carbons (Fsp3) is 0.444. The number of amides is 2. The number of aromatic nitrogens is 1. The van der Waals surface area contributed by atoms with Crippen LogP contribution in [0.25, 0.3) is 22.6 Å². The highest BCUT2D eigenvalue weighted by atomic mass is 16.3. The number of carbonyl (C=O) groups is 2. The number of hydrogen-bond acceptors (Lipinski definition) is 4. The molecular weight excluding hydrogens is 414 g/mol. The van der Waals surface area contributed by atoms with Gasteiger partial charge in [-0.1, -0.05) is 37.5 Å². The normalized spacial score (nSPS) is 17.9. The van der Waals surface area contributed by atoms with Gasteiger partial charge in [-0.25, -0.2) is 4.98 Å². The van der Waals surface area contributed by atoms with Gasteiger partial charge >= 0.3 is 0 Å². The van der Waals surface area contributed by atoms with Crippen LogP contribution in [-0.2, 0) is 4.79 Å². The maximum Gasteiger partial charge on any atom is 0.253 e. The zero-order chi connectivity index (χ0) is 22.6. The molecule has 2 aliphatic rings. The van der Waals surface area contributed by atoms with Crippen LogP contribution >= 0.6 is 0 Å². The van der Waals surface area contributed by atoms with Crippen molar-refractivity contribution in [2.45, 2.75) is 57.4 Å². The molecule has 0 spiro atoms. The highest BCUT2D eigenvalue weighted by molar-refractivity contribution is 5.97. The molecule has 172 valence electrons. The summed E-state index contributed by atoms with van der Waals surface area (Å²) in [5.74, 6) is 1.10. The number of likely N-dealkylation sites (tertiary alicyclic amines) is 1. The lowest BCUT2D eigenvalue weighted by Gasteiger charge is -2.32. The number of oxazole rings is 1. The largest absolute Gasteiger partial charge is 0.436 e. The molecule has 1 aliphatic heterocycles. The van der Waals surface area contributed by atoms with Gasteiger partial charge in [-0.15, -0.1) is 0 Å². The summed E-state index contributed by atoms with van der Waals surface area (Å²) in [6.45, 7) is 1.37. The minimum Gasteiger partial charge on any atom is -0.436 e. The molecule has 1 aromatic heterocycles. The molecule has 1 saturated carbocycles. The van der Waals surface area contributed by atoms with Gasteiger partial charge < -0.3 is 14.6 Å². The predicted molar refractivity (Wildman–Crippen MR) is 128 cm³/mol. The molecular formula is C27H31N3O3. The summed E-state index contributed by atoms with van der Waals surface area (Å²) in [5, 5.41) is 3.22. The topological polar surface area (TPSA) is 75.4 Å². The molecule has 2 fully saturated rings. The SMILES string of the molecule is O=C(CC1CCN(C(=O)c2ccc3nc(-c4ccccc4)oc3c2)CC1)NC1CCCCC1. The van der Waals surface area contributed by atoms with Crippen molar-refractivity contribution in [2.75, 3.05) is 13.1 Å². The Morgan fingerprint density at radius 2 is 1.73 bits per heavy atom. The van der Waals surface area contributed by atoms with E-state index in [0.717, 1.165) is 36.8 Å². The van der Waals surface area contributed by atoms with E-state index >= 15 is 0 Å². The molecule has 33 heavy (non-hydrogen) atoms. The number of benzene rings is 2. The number of piperidine rings is 1. The molecule has 2 heterocycles. The van der Waals surface area contributed by atoms with Gasteiger partial charge in [0.25, 0.3) is 5.91 Å². The Hall–Kier alpha value is -3.15. The fourth-order valence-electron chi connectivity index (χ4n) is 5.08. The second kappa shape index (κ2) is 9.77. The van der Waals surface area contributed by atoms with Crippen LogP contribution in [0.15, 0.2) is 52.9 Å². The minimum absolute atomic E-state index is 0.0136. The van der Waals surface area contributed by atoms with Gasteiger partial charge in [-0.2, -0.15) is 0 Å². The van der Waals surface area contributed by atoms with Crippen molar-refractivity contribution in [3.05, 3.63) is 54.1 Å². The third kappa shape index (κ3) is 5.10. The summed E-state index contributed by atoms with van der Waals surface area (Å²) in [6, 6.07) is 15.6. The Balaban J connectivity index is 1.17. The molecule has 0 radical (unpaired) electrons. The highest BCUT2D eigenvalue weighted by Gasteiger charge is 2.26. The third-order valence-electron chi connectivity index (χ3n) is 7.00. The smallest absolute Gasteiger partial charge is 0.253 e. The monoisotopic (exact) mass is 445 g/mol. The molecule has 1 aliphatic carbocycles. The van der Waals surface area contributed by atoms with E-state index < -0.39 is 0 Å². The Bertz CT molecular complexity index is 1110. The van der Waals surface area contributed by atoms with Gasteiger partial charge in [0.2, 0.25) is 11.8 Å². The predicted octanol–water partition coefficient (Wildman–Crippen LogP) is 5.19. The van der Waals surface area contributed by atoms with Crippen molar-refractivity contribution in [2.24, 2.45) is 5.92 Å². The molecule has 6 heteroatoms. The minimum atomic E-state index is 0.0136. The standard InChI is InChI=1S/C27H31N3O3/c31-25(28-22-9-5-2-6-10-22)17-19-13-15-30(16-14-19)27(32)21-11-12-23-24(18-21)33-26(29-23)20-7-3-1-4-8-20/h1,3-4,7-8,11-12,18-19,22H,2,5-6,9-10,13-17H2,(H,28,31). The van der Waals surface area contributed by atoms with E-state index in [1.54, 1.807) is 6.07 Å². The second-order valence-electron chi connectivity index (χ2n) is 9.41. The molecule has 0 atom stereocenters. The van der Waals surface area contributed by atoms with Crippen LogP contribution in [0.1, 0.15) is 61.7 Å². The fourth-order valence-corrected chi connectivity index (χ4v) is 5.08. The maximum absolute atomic E-state index is 13.1. The van der Waals surface area contributed by atoms with Gasteiger partial charge in [-0.05, 0) is 61.9 Å². The van der Waals surface area contributed by atoms with E-state index in [1.807, 2.05) is 47.4 Å². The maximum atomic E-state index is 13.1. The average molecular weight is 446 g/mol. The first-order valence-electron chi connectivity index (χ1n) is 12.2. The summed E-state index contributed by atoms with van der Waals surface area (Å²) in [4.78, 5) is 32.0. The molecule has 5 rings (SSSR count). The van der Waals surface area contributed by atoms with Crippen molar-refractivity contribution < 1.29 is 14.0 Å². The average Bonchev–Trinajstić information content (AvgIpc) is 3.29. The quantitative estimate of drug-likeness (QED) is 0.587.